The average Bonchev–Trinajstić information content (AvgIpc) is 4.10. The topological polar surface area (TPSA) is 0 Å². The molecule has 0 aliphatic heterocycles. The van der Waals surface area contributed by atoms with Crippen molar-refractivity contribution in [2.45, 2.75) is 0 Å². The molecule has 0 radical (unpaired) electrons. The first-order valence-corrected chi connectivity index (χ1v) is 9.86. The van der Waals surface area contributed by atoms with Crippen molar-refractivity contribution in [2.75, 3.05) is 0 Å². The summed E-state index contributed by atoms with van der Waals surface area (Å²) >= 11 is 0. The minimum Gasteiger partial charge on any atom is -0.269 e. The summed E-state index contributed by atoms with van der Waals surface area (Å²) in [5.74, 6) is 0. The van der Waals surface area contributed by atoms with Gasteiger partial charge in [0.1, 0.15) is 0 Å². The highest BCUT2D eigenvalue weighted by atomic mass is 20.1. The lowest BCUT2D eigenvalue weighted by Gasteiger charge is -1.00. The van der Waals surface area contributed by atoms with Crippen molar-refractivity contribution in [1.29, 1.82) is 0 Å². The smallest absolute Gasteiger partial charge is 0 e. The molecule has 0 aliphatic rings. The van der Waals surface area contributed by atoms with Crippen LogP contribution in [0.4, 0.5) is 659 Å². The number of halogens is 144. The fraction of sp³-hybridized carbons (Fsp3) is 0. The zero-order valence-corrected chi connectivity index (χ0v) is 54.6. The van der Waals surface area contributed by atoms with Crippen LogP contribution >= 0.6 is 0 Å². The van der Waals surface area contributed by atoms with Gasteiger partial charge in [0.15, 0.2) is 0 Å². The molecule has 0 N–H and O–H groups in total. The molecule has 0 saturated heterocycles. The predicted octanol–water partition coefficient (Wildman–Crippen LogP) is 58.9. The Labute approximate surface area is 664 Å². The molecular weight excluding hydrogens is 2740 g/mol. The third-order valence-corrected chi connectivity index (χ3v) is 0. The second-order valence-corrected chi connectivity index (χ2v) is 0. The van der Waals surface area contributed by atoms with Crippen LogP contribution in [0, 0.1) is 0 Å². The lowest BCUT2D eigenvalue weighted by Crippen LogP contribution is -0.580. The van der Waals surface area contributed by atoms with E-state index in [2.05, 4.69) is 0 Å². The van der Waals surface area contributed by atoms with E-state index in [4.69, 9.17) is 631 Å². The zero-order valence-electron chi connectivity index (χ0n) is 54.6. The van der Waals surface area contributed by atoms with E-state index >= 15 is 0 Å². The fourth-order valence-corrected chi connectivity index (χ4v) is 0. The summed E-state index contributed by atoms with van der Waals surface area (Å²) in [7, 11) is 0. The van der Waals surface area contributed by atoms with Crippen molar-refractivity contribution in [3.05, 3.63) is 0 Å². The Bertz CT molecular complexity index is 0. The van der Waals surface area contributed by atoms with Gasteiger partial charge in [-0.2, -0.15) is 0 Å². The van der Waals surface area contributed by atoms with Crippen molar-refractivity contribution >= 4 is 0 Å². The lowest BCUT2D eigenvalue weighted by atomic mass is 18.0. The highest BCUT2D eigenvalue weighted by molar-refractivity contribution is 2.24. The van der Waals surface area contributed by atoms with Crippen LogP contribution < -0.4 is 0 Å². The van der Waals surface area contributed by atoms with Gasteiger partial charge < -0.3 is 0 Å². The van der Waals surface area contributed by atoms with Gasteiger partial charge in [0.2, 0.25) is 0 Å². The van der Waals surface area contributed by atoms with Crippen LogP contribution in [-0.4, -0.2) is 0 Å². The van der Waals surface area contributed by atoms with Crippen LogP contribution in [0.3, 0.4) is 0 Å². The Morgan fingerprint density at radius 2 is 0.0208 bits per heavy atom. The van der Waals surface area contributed by atoms with Gasteiger partial charge >= 0.3 is 0 Å². The Morgan fingerprint density at radius 3 is 0.0208 bits per heavy atom. The van der Waals surface area contributed by atoms with Crippen molar-refractivity contribution in [3.8, 4) is 0 Å². The molecule has 144 heteroatoms. The maximum Gasteiger partial charge on any atom is 0 e. The number of rotatable bonds is 0. The average molecular weight is 2740 g/mol. The van der Waals surface area contributed by atoms with E-state index in [0.29, 0.717) is 0 Å². The van der Waals surface area contributed by atoms with Gasteiger partial charge in [0.05, 0.1) is 0 Å². The van der Waals surface area contributed by atoms with Crippen molar-refractivity contribution in [3.63, 3.8) is 0 Å². The summed E-state index contributed by atoms with van der Waals surface area (Å²) < 4.78 is 1100. The van der Waals surface area contributed by atoms with E-state index in [1.54, 1.807) is 0 Å². The van der Waals surface area contributed by atoms with Crippen LogP contribution in [0.2, 0.25) is 0 Å². The number of hydrogen-bond donors (Lipinski definition) is 0. The van der Waals surface area contributed by atoms with Gasteiger partial charge in [0, 0.05) is 631 Å². The zero-order chi connectivity index (χ0) is 138. The highest BCUT2D eigenvalue weighted by Crippen LogP contribution is 1.56. The molecule has 0 aromatic carbocycles. The van der Waals surface area contributed by atoms with E-state index in [0.717, 1.165) is 0 Å². The van der Waals surface area contributed by atoms with Crippen LogP contribution in [0.25, 0.3) is 0 Å². The lowest BCUT2D eigenvalue weighted by molar-refractivity contribution is 0.108. The summed E-state index contributed by atoms with van der Waals surface area (Å²) in [5, 5.41) is 0. The second-order valence-electron chi connectivity index (χ2n) is 0. The van der Waals surface area contributed by atoms with Crippen LogP contribution in [-0.2, 0) is 0 Å². The first-order valence-electron chi connectivity index (χ1n) is 9.86. The molecular formula is H6F144. The van der Waals surface area contributed by atoms with Crippen molar-refractivity contribution in [2.24, 2.45) is 0 Å². The molecule has 0 spiro atoms. The Balaban J connectivity index is -0.00000000459. The van der Waals surface area contributed by atoms with E-state index in [-0.39, 0.29) is 28.2 Å². The maximum absolute atomic E-state index is 8.00. The van der Waals surface area contributed by atoms with Gasteiger partial charge in [-0.15, -0.1) is 0 Å². The SMILES string of the molecule is F.F.F.F.F.F.FF.FF.FF.FF.FF.FF.FF.FF.FF.FF.FF.FF.FF.FF.FF.FF.FF.FF.FF.FF.FF.FF.FF.FF.FF.FF.FF.FF.FF.FF.FF.FF.FF.FF.FF.FF.FF.FF.FF.FF.FF.FF.FF.FF.FF.FF.FF.FF.FF.FF.FF.FF.FF.FF.FF.FF.FF.FF.FF.FF.FF.FF.FF.FF.FF.FF.FF.FF.FF. The van der Waals surface area contributed by atoms with Crippen LogP contribution in [0.15, 0.2) is 0 Å². The number of hydrogen-bond acceptors (Lipinski definition) is 0. The monoisotopic (exact) mass is 2740 g/mol. The van der Waals surface area contributed by atoms with Crippen molar-refractivity contribution < 1.29 is 659 Å². The molecule has 0 aliphatic carbocycles. The first kappa shape index (κ1) is 682. The minimum absolute atomic E-state index is 0. The molecule has 0 bridgehead atoms. The largest absolute Gasteiger partial charge is 0.269 e. The van der Waals surface area contributed by atoms with Gasteiger partial charge in [0.25, 0.3) is 0 Å². The van der Waals surface area contributed by atoms with Gasteiger partial charge in [-0.05, 0) is 0 Å². The second kappa shape index (κ2) is 22800. The van der Waals surface area contributed by atoms with E-state index in [1.807, 2.05) is 0 Å². The van der Waals surface area contributed by atoms with E-state index in [9.17, 15) is 0 Å². The summed E-state index contributed by atoms with van der Waals surface area (Å²) in [4.78, 5) is 0. The van der Waals surface area contributed by atoms with E-state index in [1.165, 1.54) is 0 Å². The Hall–Kier alpha value is -10.1. The van der Waals surface area contributed by atoms with Gasteiger partial charge in [-0.25, -0.2) is 0 Å². The molecule has 1014 valence electrons. The molecule has 0 heterocycles. The fourth-order valence-electron chi connectivity index (χ4n) is 0. The molecule has 0 unspecified atom stereocenters. The summed E-state index contributed by atoms with van der Waals surface area (Å²) in [6.45, 7) is 0. The molecule has 144 heavy (non-hydrogen) atoms. The van der Waals surface area contributed by atoms with E-state index < -0.39 is 0 Å². The van der Waals surface area contributed by atoms with Gasteiger partial charge in [-0.3, -0.25) is 28.2 Å². The van der Waals surface area contributed by atoms with Gasteiger partial charge in [-0.1, -0.05) is 0 Å². The molecule has 0 amide bonds. The summed E-state index contributed by atoms with van der Waals surface area (Å²) in [6, 6.07) is 0. The molecule has 0 aromatic rings. The molecule has 0 nitrogen and oxygen atoms in total. The molecule has 0 atom stereocenters. The third kappa shape index (κ3) is 22300. The minimum atomic E-state index is 0. The standard InChI is InChI=1S/69F2.6FH/c69*1-2;;;;;;/h;;;;;;;;;;;;;;;;;;;;;;;;;;;;;;;;;;;;;;;;;;;;;;;;;;;;;;;;;;;;;;;;;;;;;6*1H. The van der Waals surface area contributed by atoms with Crippen LogP contribution in [0.5, 0.6) is 0 Å². The summed E-state index contributed by atoms with van der Waals surface area (Å²) in [5.41, 5.74) is 0. The van der Waals surface area contributed by atoms with Crippen LogP contribution in [0.1, 0.15) is 0 Å². The quantitative estimate of drug-likeness (QED) is 0.212. The summed E-state index contributed by atoms with van der Waals surface area (Å²) in [6.07, 6.45) is 0. The molecule has 0 aromatic heterocycles. The Morgan fingerprint density at radius 1 is 0.0208 bits per heavy atom. The molecule has 0 fully saturated rings. The maximum atomic E-state index is 8.00. The molecule has 0 saturated carbocycles. The third-order valence-electron chi connectivity index (χ3n) is 0. The predicted molar refractivity (Wildman–Crippen MR) is 168 cm³/mol. The first-order chi connectivity index (χ1) is 69.0. The van der Waals surface area contributed by atoms with Crippen molar-refractivity contribution in [1.82, 2.24) is 0 Å². The molecule has 0 rings (SSSR count). The normalized spacial score (nSPS) is 2.88. The highest BCUT2D eigenvalue weighted by Gasteiger charge is 1.14. The Kier molecular flexibility index (Phi) is 108000.